The van der Waals surface area contributed by atoms with Gasteiger partial charge in [-0.1, -0.05) is 26.7 Å². The normalized spacial score (nSPS) is 11.2. The number of hydrogen-bond donors (Lipinski definition) is 0. The molecule has 2 aromatic rings. The summed E-state index contributed by atoms with van der Waals surface area (Å²) in [4.78, 5) is 29.1. The van der Waals surface area contributed by atoms with Crippen molar-refractivity contribution in [3.63, 3.8) is 0 Å². The zero-order chi connectivity index (χ0) is 15.4. The molecule has 0 aliphatic rings. The van der Waals surface area contributed by atoms with Crippen molar-refractivity contribution in [1.82, 2.24) is 14.1 Å². The zero-order valence-electron chi connectivity index (χ0n) is 12.4. The van der Waals surface area contributed by atoms with Gasteiger partial charge >= 0.3 is 11.1 Å². The highest BCUT2D eigenvalue weighted by Gasteiger charge is 2.14. The second kappa shape index (κ2) is 7.02. The molecule has 114 valence electrons. The van der Waals surface area contributed by atoms with Gasteiger partial charge in [-0.25, -0.2) is 4.98 Å². The number of aryl methyl sites for hydroxylation is 2. The third kappa shape index (κ3) is 3.26. The number of halogens is 1. The van der Waals surface area contributed by atoms with E-state index in [4.69, 9.17) is 0 Å². The molecule has 2 aromatic heterocycles. The van der Waals surface area contributed by atoms with Crippen molar-refractivity contribution in [2.45, 2.75) is 52.6 Å². The first-order valence-electron chi connectivity index (χ1n) is 7.39. The van der Waals surface area contributed by atoms with Crippen LogP contribution in [0.2, 0.25) is 0 Å². The highest BCUT2D eigenvalue weighted by molar-refractivity contribution is 9.10. The number of aromatic nitrogens is 3. The lowest BCUT2D eigenvalue weighted by Crippen LogP contribution is -2.42. The van der Waals surface area contributed by atoms with E-state index >= 15 is 0 Å². The Kier molecular flexibility index (Phi) is 5.33. The summed E-state index contributed by atoms with van der Waals surface area (Å²) in [5, 5.41) is 0. The maximum absolute atomic E-state index is 12.4. The first-order valence-corrected chi connectivity index (χ1v) is 8.18. The molecule has 0 spiro atoms. The molecule has 0 bridgehead atoms. The standard InChI is InChI=1S/C15H20BrN3O2/c1-3-5-7-18-12-9-11(16)10-17-13(12)19(8-6-4-2)15(21)14(18)20/h9-10H,3-8H2,1-2H3. The minimum atomic E-state index is -0.470. The average molecular weight is 354 g/mol. The summed E-state index contributed by atoms with van der Waals surface area (Å²) in [6.45, 7) is 5.20. The molecule has 0 saturated heterocycles. The summed E-state index contributed by atoms with van der Waals surface area (Å²) in [5.74, 6) is 0. The maximum Gasteiger partial charge on any atom is 0.318 e. The molecule has 0 N–H and O–H groups in total. The Hall–Kier alpha value is -1.43. The predicted molar refractivity (Wildman–Crippen MR) is 87.8 cm³/mol. The fourth-order valence-electron chi connectivity index (χ4n) is 2.33. The fraction of sp³-hybridized carbons (Fsp3) is 0.533. The molecule has 5 nitrogen and oxygen atoms in total. The van der Waals surface area contributed by atoms with Gasteiger partial charge in [0.2, 0.25) is 0 Å². The summed E-state index contributed by atoms with van der Waals surface area (Å²) < 4.78 is 3.87. The van der Waals surface area contributed by atoms with Gasteiger partial charge in [0, 0.05) is 23.8 Å². The second-order valence-electron chi connectivity index (χ2n) is 5.12. The van der Waals surface area contributed by atoms with Crippen molar-refractivity contribution in [3.8, 4) is 0 Å². The topological polar surface area (TPSA) is 56.9 Å². The molecule has 0 amide bonds. The van der Waals surface area contributed by atoms with Gasteiger partial charge in [0.1, 0.15) is 0 Å². The Morgan fingerprint density at radius 1 is 1.05 bits per heavy atom. The number of fused-ring (bicyclic) bond motifs is 1. The molecule has 0 atom stereocenters. The summed E-state index contributed by atoms with van der Waals surface area (Å²) in [6.07, 6.45) is 5.31. The number of rotatable bonds is 6. The summed E-state index contributed by atoms with van der Waals surface area (Å²) >= 11 is 3.39. The summed E-state index contributed by atoms with van der Waals surface area (Å²) in [7, 11) is 0. The lowest BCUT2D eigenvalue weighted by Gasteiger charge is -2.14. The van der Waals surface area contributed by atoms with Crippen LogP contribution in [0.1, 0.15) is 39.5 Å². The van der Waals surface area contributed by atoms with Gasteiger partial charge in [-0.3, -0.25) is 14.2 Å². The largest absolute Gasteiger partial charge is 0.318 e. The van der Waals surface area contributed by atoms with Gasteiger partial charge in [0.15, 0.2) is 5.65 Å². The van der Waals surface area contributed by atoms with Crippen LogP contribution in [-0.2, 0) is 13.1 Å². The molecular formula is C15H20BrN3O2. The van der Waals surface area contributed by atoms with Crippen LogP contribution in [0.5, 0.6) is 0 Å². The van der Waals surface area contributed by atoms with E-state index < -0.39 is 11.1 Å². The van der Waals surface area contributed by atoms with Crippen LogP contribution in [-0.4, -0.2) is 14.1 Å². The van der Waals surface area contributed by atoms with Gasteiger partial charge in [0.25, 0.3) is 0 Å². The van der Waals surface area contributed by atoms with Gasteiger partial charge in [0.05, 0.1) is 5.52 Å². The Balaban J connectivity index is 2.73. The molecule has 0 fully saturated rings. The molecule has 0 unspecified atom stereocenters. The van der Waals surface area contributed by atoms with Gasteiger partial charge in [-0.15, -0.1) is 0 Å². The number of hydrogen-bond acceptors (Lipinski definition) is 3. The van der Waals surface area contributed by atoms with E-state index in [1.165, 1.54) is 4.57 Å². The minimum absolute atomic E-state index is 0.452. The SMILES string of the molecule is CCCCn1c(=O)c(=O)n(CCCC)c2ncc(Br)cc21. The van der Waals surface area contributed by atoms with E-state index in [-0.39, 0.29) is 0 Å². The van der Waals surface area contributed by atoms with Gasteiger partial charge in [-0.2, -0.15) is 0 Å². The first kappa shape index (κ1) is 15.9. The Morgan fingerprint density at radius 3 is 2.24 bits per heavy atom. The third-order valence-corrected chi connectivity index (χ3v) is 3.94. The molecule has 2 rings (SSSR count). The predicted octanol–water partition coefficient (Wildman–Crippen LogP) is 2.92. The van der Waals surface area contributed by atoms with Crippen LogP contribution in [0.15, 0.2) is 26.3 Å². The Morgan fingerprint density at radius 2 is 1.62 bits per heavy atom. The highest BCUT2D eigenvalue weighted by atomic mass is 79.9. The van der Waals surface area contributed by atoms with Crippen molar-refractivity contribution in [2.75, 3.05) is 0 Å². The fourth-order valence-corrected chi connectivity index (χ4v) is 2.65. The lowest BCUT2D eigenvalue weighted by atomic mass is 10.3. The zero-order valence-corrected chi connectivity index (χ0v) is 14.0. The lowest BCUT2D eigenvalue weighted by molar-refractivity contribution is 0.582. The molecule has 6 heteroatoms. The van der Waals surface area contributed by atoms with E-state index in [0.717, 1.165) is 35.7 Å². The quantitative estimate of drug-likeness (QED) is 0.750. The summed E-state index contributed by atoms with van der Waals surface area (Å²) in [6, 6.07) is 1.86. The van der Waals surface area contributed by atoms with Crippen molar-refractivity contribution in [2.24, 2.45) is 0 Å². The molecule has 0 aliphatic heterocycles. The van der Waals surface area contributed by atoms with Crippen LogP contribution < -0.4 is 11.1 Å². The molecule has 21 heavy (non-hydrogen) atoms. The highest BCUT2D eigenvalue weighted by Crippen LogP contribution is 2.16. The smallest absolute Gasteiger partial charge is 0.301 e. The number of unbranched alkanes of at least 4 members (excludes halogenated alkanes) is 2. The monoisotopic (exact) mass is 353 g/mol. The van der Waals surface area contributed by atoms with E-state index in [1.54, 1.807) is 10.8 Å². The van der Waals surface area contributed by atoms with Crippen molar-refractivity contribution in [1.29, 1.82) is 0 Å². The van der Waals surface area contributed by atoms with Crippen LogP contribution in [0.25, 0.3) is 11.2 Å². The first-order chi connectivity index (χ1) is 10.1. The van der Waals surface area contributed by atoms with Crippen LogP contribution >= 0.6 is 15.9 Å². The molecular weight excluding hydrogens is 334 g/mol. The third-order valence-electron chi connectivity index (χ3n) is 3.50. The minimum Gasteiger partial charge on any atom is -0.301 e. The van der Waals surface area contributed by atoms with Crippen LogP contribution in [0.4, 0.5) is 0 Å². The molecule has 0 aliphatic carbocycles. The average Bonchev–Trinajstić information content (AvgIpc) is 2.48. The van der Waals surface area contributed by atoms with Crippen LogP contribution in [0, 0.1) is 0 Å². The van der Waals surface area contributed by atoms with Crippen molar-refractivity contribution in [3.05, 3.63) is 37.4 Å². The number of pyridine rings is 1. The molecule has 0 radical (unpaired) electrons. The molecule has 0 saturated carbocycles. The Bertz CT molecular complexity index is 749. The Labute approximate surface area is 131 Å². The van der Waals surface area contributed by atoms with E-state index in [9.17, 15) is 9.59 Å². The van der Waals surface area contributed by atoms with Crippen molar-refractivity contribution >= 4 is 27.1 Å². The van der Waals surface area contributed by atoms with Crippen molar-refractivity contribution < 1.29 is 0 Å². The maximum atomic E-state index is 12.4. The second-order valence-corrected chi connectivity index (χ2v) is 6.03. The van der Waals surface area contributed by atoms with Gasteiger partial charge < -0.3 is 4.57 Å². The molecule has 0 aromatic carbocycles. The number of nitrogens with zero attached hydrogens (tertiary/aromatic N) is 3. The summed E-state index contributed by atoms with van der Waals surface area (Å²) in [5.41, 5.74) is 0.389. The molecule has 2 heterocycles. The van der Waals surface area contributed by atoms with E-state index in [2.05, 4.69) is 34.8 Å². The van der Waals surface area contributed by atoms with E-state index in [1.807, 2.05) is 6.07 Å². The van der Waals surface area contributed by atoms with Crippen LogP contribution in [0.3, 0.4) is 0 Å². The van der Waals surface area contributed by atoms with E-state index in [0.29, 0.717) is 18.7 Å². The van der Waals surface area contributed by atoms with Gasteiger partial charge in [-0.05, 0) is 34.8 Å².